The first-order valence-electron chi connectivity index (χ1n) is 9.17. The first kappa shape index (κ1) is 19.2. The second kappa shape index (κ2) is 9.40. The van der Waals surface area contributed by atoms with Gasteiger partial charge in [0.15, 0.2) is 0 Å². The highest BCUT2D eigenvalue weighted by atomic mass is 16.2. The number of carbonyl (C=O) groups is 2. The van der Waals surface area contributed by atoms with Gasteiger partial charge in [0.2, 0.25) is 11.7 Å². The lowest BCUT2D eigenvalue weighted by atomic mass is 10.1. The fraction of sp³-hybridized carbons (Fsp3) is 0.250. The summed E-state index contributed by atoms with van der Waals surface area (Å²) in [5.41, 5.74) is 7.13. The van der Waals surface area contributed by atoms with Crippen LogP contribution in [0, 0.1) is 0 Å². The van der Waals surface area contributed by atoms with Gasteiger partial charge in [-0.15, -0.1) is 10.2 Å². The third-order valence-electron chi connectivity index (χ3n) is 4.10. The monoisotopic (exact) mass is 378 g/mol. The van der Waals surface area contributed by atoms with E-state index in [4.69, 9.17) is 0 Å². The van der Waals surface area contributed by atoms with Gasteiger partial charge in [0, 0.05) is 17.5 Å². The molecule has 3 rings (SSSR count). The number of aromatic nitrogens is 4. The molecule has 0 bridgehead atoms. The van der Waals surface area contributed by atoms with E-state index in [0.717, 1.165) is 24.0 Å². The van der Waals surface area contributed by atoms with E-state index in [-0.39, 0.29) is 11.8 Å². The lowest BCUT2D eigenvalue weighted by Crippen LogP contribution is -2.41. The van der Waals surface area contributed by atoms with Crippen LogP contribution in [-0.2, 0) is 11.3 Å². The molecule has 0 fully saturated rings. The van der Waals surface area contributed by atoms with Crippen molar-refractivity contribution in [3.05, 3.63) is 65.7 Å². The summed E-state index contributed by atoms with van der Waals surface area (Å²) in [5, 5.41) is 12.5. The van der Waals surface area contributed by atoms with Crippen molar-refractivity contribution < 1.29 is 9.59 Å². The molecular formula is C20H22N6O2. The molecule has 1 heterocycles. The largest absolute Gasteiger partial charge is 0.273 e. The zero-order chi connectivity index (χ0) is 19.8. The van der Waals surface area contributed by atoms with Crippen molar-refractivity contribution >= 4 is 11.8 Å². The molecule has 2 N–H and O–H groups in total. The Bertz CT molecular complexity index is 921. The van der Waals surface area contributed by atoms with E-state index in [2.05, 4.69) is 26.3 Å². The molecule has 144 valence electrons. The maximum absolute atomic E-state index is 12.1. The molecule has 0 unspecified atom stereocenters. The summed E-state index contributed by atoms with van der Waals surface area (Å²) in [5.74, 6) is 0.00959. The molecule has 0 aliphatic carbocycles. The first-order chi connectivity index (χ1) is 13.7. The average molecular weight is 378 g/mol. The quantitative estimate of drug-likeness (QED) is 0.615. The van der Waals surface area contributed by atoms with Crippen LogP contribution in [0.3, 0.4) is 0 Å². The SMILES string of the molecule is CCCCC(=O)NNC(=O)c1ccc(Cn2nnc(-c3ccccc3)n2)cc1. The highest BCUT2D eigenvalue weighted by molar-refractivity contribution is 5.95. The highest BCUT2D eigenvalue weighted by Gasteiger charge is 2.09. The van der Waals surface area contributed by atoms with Gasteiger partial charge in [0.1, 0.15) is 0 Å². The maximum atomic E-state index is 12.1. The minimum Gasteiger partial charge on any atom is -0.273 e. The molecule has 0 radical (unpaired) electrons. The molecule has 0 spiro atoms. The summed E-state index contributed by atoms with van der Waals surface area (Å²) < 4.78 is 0. The van der Waals surface area contributed by atoms with Gasteiger partial charge in [-0.25, -0.2) is 0 Å². The van der Waals surface area contributed by atoms with Crippen molar-refractivity contribution in [1.82, 2.24) is 31.1 Å². The molecule has 1 aromatic heterocycles. The van der Waals surface area contributed by atoms with Crippen LogP contribution < -0.4 is 10.9 Å². The lowest BCUT2D eigenvalue weighted by molar-refractivity contribution is -0.121. The Morgan fingerprint density at radius 1 is 1.00 bits per heavy atom. The van der Waals surface area contributed by atoms with Crippen molar-refractivity contribution in [3.8, 4) is 11.4 Å². The summed E-state index contributed by atoms with van der Waals surface area (Å²) in [6.45, 7) is 2.44. The predicted octanol–water partition coefficient (Wildman–Crippen LogP) is 2.34. The van der Waals surface area contributed by atoms with Gasteiger partial charge in [-0.3, -0.25) is 20.4 Å². The van der Waals surface area contributed by atoms with Crippen molar-refractivity contribution in [2.24, 2.45) is 0 Å². The lowest BCUT2D eigenvalue weighted by Gasteiger charge is -2.07. The number of hydrogen-bond donors (Lipinski definition) is 2. The second-order valence-corrected chi connectivity index (χ2v) is 6.31. The molecule has 3 aromatic rings. The van der Waals surface area contributed by atoms with Gasteiger partial charge in [-0.1, -0.05) is 55.8 Å². The number of rotatable bonds is 7. The van der Waals surface area contributed by atoms with E-state index in [0.29, 0.717) is 24.4 Å². The topological polar surface area (TPSA) is 102 Å². The number of hydrazine groups is 1. The van der Waals surface area contributed by atoms with E-state index in [1.54, 1.807) is 12.1 Å². The zero-order valence-electron chi connectivity index (χ0n) is 15.6. The van der Waals surface area contributed by atoms with E-state index in [1.807, 2.05) is 49.4 Å². The first-order valence-corrected chi connectivity index (χ1v) is 9.17. The minimum absolute atomic E-state index is 0.196. The van der Waals surface area contributed by atoms with Crippen LogP contribution in [-0.4, -0.2) is 32.0 Å². The van der Waals surface area contributed by atoms with Crippen LogP contribution in [0.2, 0.25) is 0 Å². The van der Waals surface area contributed by atoms with Crippen LogP contribution >= 0.6 is 0 Å². The molecule has 28 heavy (non-hydrogen) atoms. The van der Waals surface area contributed by atoms with E-state index >= 15 is 0 Å². The zero-order valence-corrected chi connectivity index (χ0v) is 15.6. The second-order valence-electron chi connectivity index (χ2n) is 6.31. The fourth-order valence-electron chi connectivity index (χ4n) is 2.54. The number of carbonyl (C=O) groups excluding carboxylic acids is 2. The van der Waals surface area contributed by atoms with Gasteiger partial charge in [0.05, 0.1) is 6.54 Å². The summed E-state index contributed by atoms with van der Waals surface area (Å²) in [4.78, 5) is 25.1. The van der Waals surface area contributed by atoms with Gasteiger partial charge >= 0.3 is 0 Å². The van der Waals surface area contributed by atoms with Gasteiger partial charge < -0.3 is 0 Å². The molecule has 8 nitrogen and oxygen atoms in total. The maximum Gasteiger partial charge on any atom is 0.269 e. The van der Waals surface area contributed by atoms with Crippen molar-refractivity contribution in [3.63, 3.8) is 0 Å². The molecule has 2 amide bonds. The highest BCUT2D eigenvalue weighted by Crippen LogP contribution is 2.12. The Labute approximate surface area is 162 Å². The van der Waals surface area contributed by atoms with Crippen LogP contribution in [0.1, 0.15) is 42.1 Å². The van der Waals surface area contributed by atoms with E-state index in [9.17, 15) is 9.59 Å². The molecular weight excluding hydrogens is 356 g/mol. The van der Waals surface area contributed by atoms with Crippen molar-refractivity contribution in [2.45, 2.75) is 32.7 Å². The predicted molar refractivity (Wildman–Crippen MR) is 104 cm³/mol. The number of benzene rings is 2. The molecule has 0 aliphatic heterocycles. The molecule has 0 aliphatic rings. The smallest absolute Gasteiger partial charge is 0.269 e. The van der Waals surface area contributed by atoms with Gasteiger partial charge in [-0.2, -0.15) is 4.80 Å². The number of tetrazole rings is 1. The van der Waals surface area contributed by atoms with Crippen LogP contribution in [0.25, 0.3) is 11.4 Å². The van der Waals surface area contributed by atoms with Gasteiger partial charge in [-0.05, 0) is 29.3 Å². The summed E-state index contributed by atoms with van der Waals surface area (Å²) in [6.07, 6.45) is 2.11. The number of nitrogens with zero attached hydrogens (tertiary/aromatic N) is 4. The van der Waals surface area contributed by atoms with E-state index in [1.165, 1.54) is 4.80 Å². The Kier molecular flexibility index (Phi) is 6.46. The van der Waals surface area contributed by atoms with E-state index < -0.39 is 0 Å². The fourth-order valence-corrected chi connectivity index (χ4v) is 2.54. The third-order valence-corrected chi connectivity index (χ3v) is 4.10. The number of nitrogens with one attached hydrogen (secondary N) is 2. The molecule has 2 aromatic carbocycles. The Morgan fingerprint density at radius 3 is 2.46 bits per heavy atom. The van der Waals surface area contributed by atoms with Gasteiger partial charge in [0.25, 0.3) is 5.91 Å². The minimum atomic E-state index is -0.360. The van der Waals surface area contributed by atoms with Crippen molar-refractivity contribution in [2.75, 3.05) is 0 Å². The van der Waals surface area contributed by atoms with Crippen LogP contribution in [0.15, 0.2) is 54.6 Å². The number of amides is 2. The summed E-state index contributed by atoms with van der Waals surface area (Å²) in [7, 11) is 0. The third kappa shape index (κ3) is 5.23. The molecule has 8 heteroatoms. The molecule has 0 atom stereocenters. The van der Waals surface area contributed by atoms with Crippen LogP contribution in [0.5, 0.6) is 0 Å². The Morgan fingerprint density at radius 2 is 1.75 bits per heavy atom. The van der Waals surface area contributed by atoms with Crippen molar-refractivity contribution in [1.29, 1.82) is 0 Å². The Hall–Kier alpha value is -3.55. The molecule has 0 saturated carbocycles. The normalized spacial score (nSPS) is 10.5. The van der Waals surface area contributed by atoms with Crippen LogP contribution in [0.4, 0.5) is 0 Å². The number of unbranched alkanes of at least 4 members (excludes halogenated alkanes) is 1. The standard InChI is InChI=1S/C20H22N6O2/c1-2-3-9-18(27)21-23-20(28)17-12-10-15(11-13-17)14-26-24-19(22-25-26)16-7-5-4-6-8-16/h4-8,10-13H,2-3,9,14H2,1H3,(H,21,27)(H,23,28). The average Bonchev–Trinajstić information content (AvgIpc) is 3.20. The summed E-state index contributed by atoms with van der Waals surface area (Å²) in [6, 6.07) is 16.7. The number of hydrogen-bond acceptors (Lipinski definition) is 5. The summed E-state index contributed by atoms with van der Waals surface area (Å²) >= 11 is 0. The Balaban J connectivity index is 1.55. The molecule has 0 saturated heterocycles.